The molecule has 1 aliphatic heterocycles. The minimum absolute atomic E-state index is 0.298. The fourth-order valence-corrected chi connectivity index (χ4v) is 5.63. The molecule has 34 heavy (non-hydrogen) atoms. The maximum Gasteiger partial charge on any atom is 0.146 e. The van der Waals surface area contributed by atoms with Gasteiger partial charge in [0.25, 0.3) is 0 Å². The molecular weight excluding hydrogens is 449 g/mol. The summed E-state index contributed by atoms with van der Waals surface area (Å²) >= 11 is 0. The zero-order valence-electron chi connectivity index (χ0n) is 19.2. The van der Waals surface area contributed by atoms with Gasteiger partial charge < -0.3 is 14.8 Å². The lowest BCUT2D eigenvalue weighted by Crippen LogP contribution is -2.38. The zero-order chi connectivity index (χ0) is 23.5. The van der Waals surface area contributed by atoms with Crippen LogP contribution in [0.5, 0.6) is 0 Å². The Hall–Kier alpha value is -3.10. The number of nitrogens with zero attached hydrogens (tertiary/aromatic N) is 4. The molecule has 0 amide bonds. The molecule has 0 aliphatic carbocycles. The Morgan fingerprint density at radius 1 is 1.09 bits per heavy atom. The number of pyridine rings is 2. The van der Waals surface area contributed by atoms with Crippen molar-refractivity contribution in [3.63, 3.8) is 0 Å². The predicted octanol–water partition coefficient (Wildman–Crippen LogP) is 4.27. The number of rotatable bonds is 7. The first kappa shape index (κ1) is 22.7. The number of nitrogens with one attached hydrogen (secondary N) is 1. The Bertz CT molecular complexity index is 1310. The van der Waals surface area contributed by atoms with Crippen LogP contribution in [0.1, 0.15) is 12.0 Å². The average molecular weight is 478 g/mol. The van der Waals surface area contributed by atoms with Gasteiger partial charge in [-0.2, -0.15) is 0 Å². The molecule has 0 radical (unpaired) electrons. The van der Waals surface area contributed by atoms with Gasteiger partial charge in [0, 0.05) is 72.0 Å². The maximum absolute atomic E-state index is 14.4. The number of fused-ring (bicyclic) bond motifs is 1. The number of benzene rings is 1. The third-order valence-corrected chi connectivity index (χ3v) is 7.68. The molecule has 4 aromatic rings. The monoisotopic (exact) mass is 477 g/mol. The van der Waals surface area contributed by atoms with Crippen LogP contribution in [0.4, 0.5) is 10.1 Å². The number of hydrogen-bond donors (Lipinski definition) is 1. The summed E-state index contributed by atoms with van der Waals surface area (Å²) in [7, 11) is 1.06. The highest BCUT2D eigenvalue weighted by Gasteiger charge is 2.17. The van der Waals surface area contributed by atoms with E-state index in [9.17, 15) is 8.60 Å². The Kier molecular flexibility index (Phi) is 6.69. The fourth-order valence-electron chi connectivity index (χ4n) is 4.50. The van der Waals surface area contributed by atoms with E-state index < -0.39 is 10.8 Å². The first-order valence-corrected chi connectivity index (χ1v) is 13.1. The van der Waals surface area contributed by atoms with E-state index in [1.54, 1.807) is 25.5 Å². The van der Waals surface area contributed by atoms with Crippen LogP contribution in [0.15, 0.2) is 61.1 Å². The molecule has 0 bridgehead atoms. The fraction of sp³-hybridized carbons (Fsp3) is 0.308. The summed E-state index contributed by atoms with van der Waals surface area (Å²) < 4.78 is 28.1. The second-order valence-corrected chi connectivity index (χ2v) is 10.2. The molecule has 5 rings (SSSR count). The Morgan fingerprint density at radius 2 is 1.88 bits per heavy atom. The molecule has 0 atom stereocenters. The lowest BCUT2D eigenvalue weighted by atomic mass is 10.1. The quantitative estimate of drug-likeness (QED) is 0.431. The zero-order valence-corrected chi connectivity index (χ0v) is 20.0. The molecule has 0 saturated carbocycles. The number of anilines is 1. The summed E-state index contributed by atoms with van der Waals surface area (Å²) in [6.45, 7) is 2.83. The van der Waals surface area contributed by atoms with Gasteiger partial charge in [-0.05, 0) is 61.3 Å². The van der Waals surface area contributed by atoms with Crippen LogP contribution in [0.25, 0.3) is 28.0 Å². The smallest absolute Gasteiger partial charge is 0.146 e. The third kappa shape index (κ3) is 4.74. The summed E-state index contributed by atoms with van der Waals surface area (Å²) in [5.41, 5.74) is 5.02. The van der Waals surface area contributed by atoms with Crippen LogP contribution in [0.2, 0.25) is 0 Å². The largest absolute Gasteiger partial charge is 0.386 e. The summed E-state index contributed by atoms with van der Waals surface area (Å²) in [5.74, 6) is 1.27. The van der Waals surface area contributed by atoms with Crippen molar-refractivity contribution in [2.75, 3.05) is 43.5 Å². The van der Waals surface area contributed by atoms with Crippen molar-refractivity contribution >= 4 is 27.5 Å². The second-order valence-electron chi connectivity index (χ2n) is 8.54. The molecule has 1 aliphatic rings. The number of hydrogen-bond acceptors (Lipinski definition) is 5. The van der Waals surface area contributed by atoms with Crippen molar-refractivity contribution in [3.05, 3.63) is 72.4 Å². The van der Waals surface area contributed by atoms with E-state index in [1.165, 1.54) is 11.6 Å². The average Bonchev–Trinajstić information content (AvgIpc) is 3.23. The predicted molar refractivity (Wildman–Crippen MR) is 136 cm³/mol. The van der Waals surface area contributed by atoms with Crippen molar-refractivity contribution in [2.45, 2.75) is 12.8 Å². The molecule has 1 fully saturated rings. The van der Waals surface area contributed by atoms with Crippen LogP contribution in [0, 0.1) is 5.82 Å². The number of aryl methyl sites for hydroxylation is 1. The number of halogens is 1. The first-order chi connectivity index (χ1) is 16.6. The highest BCUT2D eigenvalue weighted by Crippen LogP contribution is 2.29. The molecule has 176 valence electrons. The van der Waals surface area contributed by atoms with Crippen molar-refractivity contribution in [2.24, 2.45) is 0 Å². The minimum atomic E-state index is -0.646. The van der Waals surface area contributed by atoms with Gasteiger partial charge in [0.2, 0.25) is 0 Å². The molecule has 4 heterocycles. The van der Waals surface area contributed by atoms with Crippen molar-refractivity contribution in [1.29, 1.82) is 0 Å². The molecule has 8 heteroatoms. The molecule has 0 spiro atoms. The maximum atomic E-state index is 14.4. The van der Waals surface area contributed by atoms with Crippen molar-refractivity contribution in [3.8, 4) is 16.9 Å². The molecule has 3 aromatic heterocycles. The van der Waals surface area contributed by atoms with Gasteiger partial charge in [0.1, 0.15) is 11.5 Å². The van der Waals surface area contributed by atoms with Crippen LogP contribution in [0.3, 0.4) is 0 Å². The van der Waals surface area contributed by atoms with E-state index in [-0.39, 0.29) is 5.82 Å². The van der Waals surface area contributed by atoms with Gasteiger partial charge in [-0.25, -0.2) is 9.37 Å². The van der Waals surface area contributed by atoms with Crippen LogP contribution < -0.4 is 5.32 Å². The van der Waals surface area contributed by atoms with E-state index in [0.29, 0.717) is 5.69 Å². The van der Waals surface area contributed by atoms with Gasteiger partial charge >= 0.3 is 0 Å². The van der Waals surface area contributed by atoms with E-state index >= 15 is 0 Å². The van der Waals surface area contributed by atoms with Crippen molar-refractivity contribution in [1.82, 2.24) is 19.4 Å². The Balaban J connectivity index is 1.46. The minimum Gasteiger partial charge on any atom is -0.386 e. The third-order valence-electron chi connectivity index (χ3n) is 6.40. The summed E-state index contributed by atoms with van der Waals surface area (Å²) in [6, 6.07) is 13.1. The Labute approximate surface area is 201 Å². The summed E-state index contributed by atoms with van der Waals surface area (Å²) in [5, 5.41) is 3.96. The number of aromatic nitrogens is 3. The lowest BCUT2D eigenvalue weighted by Gasteiger charge is -2.25. The Morgan fingerprint density at radius 3 is 2.62 bits per heavy atom. The van der Waals surface area contributed by atoms with Gasteiger partial charge in [-0.1, -0.05) is 6.07 Å². The molecule has 1 saturated heterocycles. The van der Waals surface area contributed by atoms with Crippen LogP contribution in [-0.4, -0.2) is 61.8 Å². The van der Waals surface area contributed by atoms with E-state index in [2.05, 4.69) is 32.0 Å². The molecular formula is C26H28FN5OS. The van der Waals surface area contributed by atoms with E-state index in [0.717, 1.165) is 72.0 Å². The molecule has 6 nitrogen and oxygen atoms in total. The standard InChI is InChI=1S/C26H28FN5OS/c1-28-25-6-4-19(17-23(25)27)24-7-5-22-20(3-2-12-31-13-15-34(33)16-14-31)18-32(26(22)30-24)21-8-10-29-11-9-21/h4-11,17-18,28H,2-3,12-16H2,1H3. The van der Waals surface area contributed by atoms with Crippen molar-refractivity contribution < 1.29 is 8.60 Å². The van der Waals surface area contributed by atoms with Gasteiger partial charge in [-0.3, -0.25) is 9.19 Å². The van der Waals surface area contributed by atoms with E-state index in [4.69, 9.17) is 4.98 Å². The molecule has 1 aromatic carbocycles. The van der Waals surface area contributed by atoms with Crippen LogP contribution in [-0.2, 0) is 17.2 Å². The highest BCUT2D eigenvalue weighted by atomic mass is 32.2. The molecule has 0 unspecified atom stereocenters. The normalized spacial score (nSPS) is 15.1. The van der Waals surface area contributed by atoms with Gasteiger partial charge in [0.05, 0.1) is 17.1 Å². The lowest BCUT2D eigenvalue weighted by molar-refractivity contribution is 0.296. The van der Waals surface area contributed by atoms with Gasteiger partial charge in [0.15, 0.2) is 0 Å². The van der Waals surface area contributed by atoms with E-state index in [1.807, 2.05) is 24.3 Å². The summed E-state index contributed by atoms with van der Waals surface area (Å²) in [4.78, 5) is 11.5. The summed E-state index contributed by atoms with van der Waals surface area (Å²) in [6.07, 6.45) is 7.67. The first-order valence-electron chi connectivity index (χ1n) is 11.6. The topological polar surface area (TPSA) is 63.1 Å². The van der Waals surface area contributed by atoms with Gasteiger partial charge in [-0.15, -0.1) is 0 Å². The van der Waals surface area contributed by atoms with Crippen LogP contribution >= 0.6 is 0 Å². The SMILES string of the molecule is CNc1ccc(-c2ccc3c(CCCN4CCS(=O)CC4)cn(-c4ccncc4)c3n2)cc1F. The second kappa shape index (κ2) is 10.0. The molecule has 1 N–H and O–H groups in total. The highest BCUT2D eigenvalue weighted by molar-refractivity contribution is 7.85.